The molecule has 1 amide bonds. The number of rotatable bonds is 8. The first-order valence-corrected chi connectivity index (χ1v) is 10.1. The second-order valence-corrected chi connectivity index (χ2v) is 7.27. The minimum Gasteiger partial charge on any atom is -0.481 e. The van der Waals surface area contributed by atoms with Crippen molar-refractivity contribution in [3.63, 3.8) is 0 Å². The lowest BCUT2D eigenvalue weighted by molar-refractivity contribution is -0.128. The van der Waals surface area contributed by atoms with Crippen molar-refractivity contribution in [1.82, 2.24) is 5.32 Å². The van der Waals surface area contributed by atoms with Crippen molar-refractivity contribution >= 4 is 23.2 Å². The minimum absolute atomic E-state index is 0.0727. The first kappa shape index (κ1) is 19.6. The lowest BCUT2D eigenvalue weighted by Gasteiger charge is -2.31. The summed E-state index contributed by atoms with van der Waals surface area (Å²) in [4.78, 5) is 14.9. The van der Waals surface area contributed by atoms with E-state index < -0.39 is 6.10 Å². The highest BCUT2D eigenvalue weighted by atomic mass is 35.5. The zero-order valence-electron chi connectivity index (χ0n) is 15.8. The second-order valence-electron chi connectivity index (χ2n) is 6.84. The van der Waals surface area contributed by atoms with Gasteiger partial charge < -0.3 is 15.0 Å². The van der Waals surface area contributed by atoms with Crippen molar-refractivity contribution in [2.75, 3.05) is 24.5 Å². The first-order chi connectivity index (χ1) is 13.2. The van der Waals surface area contributed by atoms with E-state index in [2.05, 4.69) is 34.5 Å². The lowest BCUT2D eigenvalue weighted by Crippen LogP contribution is -2.39. The van der Waals surface area contributed by atoms with Gasteiger partial charge in [0.15, 0.2) is 6.10 Å². The number of anilines is 1. The van der Waals surface area contributed by atoms with Crippen molar-refractivity contribution in [2.24, 2.45) is 0 Å². The predicted molar refractivity (Wildman–Crippen MR) is 111 cm³/mol. The molecule has 5 heteroatoms. The summed E-state index contributed by atoms with van der Waals surface area (Å²) in [5.41, 5.74) is 2.76. The molecule has 144 valence electrons. The van der Waals surface area contributed by atoms with Gasteiger partial charge in [0.1, 0.15) is 5.75 Å². The van der Waals surface area contributed by atoms with E-state index in [0.717, 1.165) is 25.9 Å². The second kappa shape index (κ2) is 9.65. The number of carbonyl (C=O) groups is 1. The number of aryl methyl sites for hydroxylation is 1. The lowest BCUT2D eigenvalue weighted by atomic mass is 10.0. The number of nitrogens with one attached hydrogen (secondary N) is 1. The Balaban J connectivity index is 1.45. The molecule has 27 heavy (non-hydrogen) atoms. The summed E-state index contributed by atoms with van der Waals surface area (Å²) >= 11 is 5.98. The van der Waals surface area contributed by atoms with Crippen molar-refractivity contribution in [3.8, 4) is 5.75 Å². The summed E-state index contributed by atoms with van der Waals surface area (Å²) in [7, 11) is 0. The molecule has 0 unspecified atom stereocenters. The molecule has 1 atom stereocenters. The molecule has 0 aromatic heterocycles. The molecule has 0 radical (unpaired) electrons. The Labute approximate surface area is 166 Å². The Morgan fingerprint density at radius 1 is 1.26 bits per heavy atom. The summed E-state index contributed by atoms with van der Waals surface area (Å²) < 4.78 is 5.79. The number of fused-ring (bicyclic) bond motifs is 1. The minimum atomic E-state index is -0.501. The molecular weight excluding hydrogens is 360 g/mol. The van der Waals surface area contributed by atoms with Gasteiger partial charge in [-0.1, -0.05) is 42.8 Å². The third kappa shape index (κ3) is 5.39. The SMILES string of the molecule is CC[C@H](Oc1cccc(Cl)c1)C(=O)NCCCN1CCCc2ccccc21. The van der Waals surface area contributed by atoms with Gasteiger partial charge in [-0.15, -0.1) is 0 Å². The Morgan fingerprint density at radius 3 is 2.93 bits per heavy atom. The molecule has 4 nitrogen and oxygen atoms in total. The van der Waals surface area contributed by atoms with Crippen LogP contribution in [-0.4, -0.2) is 31.6 Å². The maximum atomic E-state index is 12.4. The molecule has 1 N–H and O–H groups in total. The van der Waals surface area contributed by atoms with Gasteiger partial charge in [0.2, 0.25) is 0 Å². The number of amides is 1. The van der Waals surface area contributed by atoms with Crippen LogP contribution in [0.15, 0.2) is 48.5 Å². The fourth-order valence-electron chi connectivity index (χ4n) is 3.47. The molecule has 1 aliphatic rings. The predicted octanol–water partition coefficient (Wildman–Crippen LogP) is 4.46. The van der Waals surface area contributed by atoms with Crippen molar-refractivity contribution in [3.05, 3.63) is 59.1 Å². The van der Waals surface area contributed by atoms with Crippen molar-refractivity contribution < 1.29 is 9.53 Å². The van der Waals surface area contributed by atoms with Gasteiger partial charge in [0.25, 0.3) is 5.91 Å². The van der Waals surface area contributed by atoms with Gasteiger partial charge >= 0.3 is 0 Å². The zero-order valence-corrected chi connectivity index (χ0v) is 16.5. The maximum Gasteiger partial charge on any atom is 0.261 e. The topological polar surface area (TPSA) is 41.6 Å². The number of halogens is 1. The number of benzene rings is 2. The van der Waals surface area contributed by atoms with Crippen molar-refractivity contribution in [1.29, 1.82) is 0 Å². The molecular formula is C22H27ClN2O2. The van der Waals surface area contributed by atoms with Crippen molar-refractivity contribution in [2.45, 2.75) is 38.7 Å². The van der Waals surface area contributed by atoms with E-state index in [0.29, 0.717) is 23.7 Å². The number of ether oxygens (including phenoxy) is 1. The van der Waals surface area contributed by atoms with Gasteiger partial charge in [-0.05, 0) is 55.5 Å². The average Bonchev–Trinajstić information content (AvgIpc) is 2.69. The fraction of sp³-hybridized carbons (Fsp3) is 0.409. The molecule has 0 saturated heterocycles. The third-order valence-electron chi connectivity index (χ3n) is 4.85. The first-order valence-electron chi connectivity index (χ1n) is 9.70. The third-order valence-corrected chi connectivity index (χ3v) is 5.08. The van der Waals surface area contributed by atoms with Crippen LogP contribution < -0.4 is 15.0 Å². The molecule has 2 aromatic rings. The van der Waals surface area contributed by atoms with Gasteiger partial charge in [0, 0.05) is 30.3 Å². The Bertz CT molecular complexity index is 765. The Kier molecular flexibility index (Phi) is 6.99. The van der Waals surface area contributed by atoms with Gasteiger partial charge in [-0.3, -0.25) is 4.79 Å². The van der Waals surface area contributed by atoms with E-state index in [9.17, 15) is 4.79 Å². The van der Waals surface area contributed by atoms with Crippen LogP contribution in [-0.2, 0) is 11.2 Å². The number of nitrogens with zero attached hydrogens (tertiary/aromatic N) is 1. The van der Waals surface area contributed by atoms with Crippen LogP contribution in [0.2, 0.25) is 5.02 Å². The average molecular weight is 387 g/mol. The largest absolute Gasteiger partial charge is 0.481 e. The molecule has 0 spiro atoms. The quantitative estimate of drug-likeness (QED) is 0.681. The normalized spacial score (nSPS) is 14.4. The van der Waals surface area contributed by atoms with Crippen LogP contribution in [0.5, 0.6) is 5.75 Å². The highest BCUT2D eigenvalue weighted by molar-refractivity contribution is 6.30. The van der Waals surface area contributed by atoms with E-state index in [1.807, 2.05) is 19.1 Å². The van der Waals surface area contributed by atoms with Crippen LogP contribution in [0.4, 0.5) is 5.69 Å². The number of para-hydroxylation sites is 1. The van der Waals surface area contributed by atoms with Crippen LogP contribution in [0, 0.1) is 0 Å². The van der Waals surface area contributed by atoms with Crippen LogP contribution in [0.3, 0.4) is 0 Å². The summed E-state index contributed by atoms with van der Waals surface area (Å²) in [5, 5.41) is 3.61. The monoisotopic (exact) mass is 386 g/mol. The standard InChI is InChI=1S/C22H27ClN2O2/c1-2-21(27-19-11-5-10-18(23)16-19)22(26)24-13-7-15-25-14-6-9-17-8-3-4-12-20(17)25/h3-5,8,10-12,16,21H,2,6-7,9,13-15H2,1H3,(H,24,26)/t21-/m0/s1. The zero-order chi connectivity index (χ0) is 19.1. The fourth-order valence-corrected chi connectivity index (χ4v) is 3.65. The van der Waals surface area contributed by atoms with E-state index in [4.69, 9.17) is 16.3 Å². The molecule has 1 aliphatic heterocycles. The van der Waals surface area contributed by atoms with Gasteiger partial charge in [0.05, 0.1) is 0 Å². The molecule has 0 fully saturated rings. The molecule has 0 aliphatic carbocycles. The summed E-state index contributed by atoms with van der Waals surface area (Å²) in [6.45, 7) is 4.62. The van der Waals surface area contributed by atoms with Crippen LogP contribution in [0.25, 0.3) is 0 Å². The van der Waals surface area contributed by atoms with E-state index in [1.54, 1.807) is 12.1 Å². The number of carbonyl (C=O) groups excluding carboxylic acids is 1. The molecule has 0 bridgehead atoms. The van der Waals surface area contributed by atoms with Gasteiger partial charge in [-0.25, -0.2) is 0 Å². The van der Waals surface area contributed by atoms with E-state index in [1.165, 1.54) is 17.7 Å². The van der Waals surface area contributed by atoms with E-state index in [-0.39, 0.29) is 5.91 Å². The van der Waals surface area contributed by atoms with E-state index >= 15 is 0 Å². The molecule has 2 aromatic carbocycles. The highest BCUT2D eigenvalue weighted by Crippen LogP contribution is 2.26. The molecule has 1 heterocycles. The molecule has 3 rings (SSSR count). The van der Waals surface area contributed by atoms with Crippen LogP contribution in [0.1, 0.15) is 31.7 Å². The van der Waals surface area contributed by atoms with Crippen LogP contribution >= 0.6 is 11.6 Å². The Hall–Kier alpha value is -2.20. The summed E-state index contributed by atoms with van der Waals surface area (Å²) in [6.07, 6.45) is 3.36. The highest BCUT2D eigenvalue weighted by Gasteiger charge is 2.19. The summed E-state index contributed by atoms with van der Waals surface area (Å²) in [6, 6.07) is 15.8. The maximum absolute atomic E-state index is 12.4. The Morgan fingerprint density at radius 2 is 2.11 bits per heavy atom. The number of hydrogen-bond donors (Lipinski definition) is 1. The smallest absolute Gasteiger partial charge is 0.261 e. The number of hydrogen-bond acceptors (Lipinski definition) is 3. The molecule has 0 saturated carbocycles. The van der Waals surface area contributed by atoms with Gasteiger partial charge in [-0.2, -0.15) is 0 Å². The summed E-state index contributed by atoms with van der Waals surface area (Å²) in [5.74, 6) is 0.547.